The molecule has 0 aliphatic heterocycles. The maximum atomic E-state index is 14.3. The topological polar surface area (TPSA) is 96.0 Å². The van der Waals surface area contributed by atoms with Gasteiger partial charge in [-0.05, 0) is 66.6 Å². The van der Waals surface area contributed by atoms with E-state index in [1.54, 1.807) is 60.7 Å². The lowest BCUT2D eigenvalue weighted by atomic mass is 10.0. The van der Waals surface area contributed by atoms with Crippen LogP contribution in [-0.4, -0.2) is 51.4 Å². The van der Waals surface area contributed by atoms with E-state index < -0.39 is 34.4 Å². The molecule has 230 valence electrons. The van der Waals surface area contributed by atoms with E-state index in [2.05, 4.69) is 5.32 Å². The molecule has 0 fully saturated rings. The monoisotopic (exact) mass is 653 g/mol. The van der Waals surface area contributed by atoms with Crippen molar-refractivity contribution in [1.29, 1.82) is 0 Å². The van der Waals surface area contributed by atoms with Gasteiger partial charge in [-0.2, -0.15) is 0 Å². The minimum Gasteiger partial charge on any atom is -0.494 e. The van der Waals surface area contributed by atoms with E-state index in [1.165, 1.54) is 24.1 Å². The summed E-state index contributed by atoms with van der Waals surface area (Å²) in [5.41, 5.74) is 1.71. The van der Waals surface area contributed by atoms with Gasteiger partial charge in [0.2, 0.25) is 11.8 Å². The molecule has 8 nitrogen and oxygen atoms in total. The average molecular weight is 655 g/mol. The second-order valence-electron chi connectivity index (χ2n) is 9.84. The van der Waals surface area contributed by atoms with Gasteiger partial charge >= 0.3 is 0 Å². The fraction of sp³-hybridized carbons (Fsp3) is 0.212. The summed E-state index contributed by atoms with van der Waals surface area (Å²) in [4.78, 5) is 29.1. The number of carbonyl (C=O) groups is 2. The van der Waals surface area contributed by atoms with Gasteiger partial charge in [0.15, 0.2) is 0 Å². The van der Waals surface area contributed by atoms with Crippen molar-refractivity contribution in [2.75, 3.05) is 24.5 Å². The zero-order chi connectivity index (χ0) is 31.7. The van der Waals surface area contributed by atoms with Crippen molar-refractivity contribution in [3.63, 3.8) is 0 Å². The third kappa shape index (κ3) is 8.11. The number of halogens is 2. The Morgan fingerprint density at radius 3 is 2.07 bits per heavy atom. The first-order valence-corrected chi connectivity index (χ1v) is 16.1. The van der Waals surface area contributed by atoms with Gasteiger partial charge in [0.1, 0.15) is 18.3 Å². The van der Waals surface area contributed by atoms with Crippen molar-refractivity contribution in [3.8, 4) is 5.75 Å². The molecule has 11 heteroatoms. The Morgan fingerprint density at radius 2 is 1.48 bits per heavy atom. The van der Waals surface area contributed by atoms with Gasteiger partial charge in [0.25, 0.3) is 10.0 Å². The lowest BCUT2D eigenvalue weighted by Crippen LogP contribution is -2.53. The van der Waals surface area contributed by atoms with Crippen LogP contribution >= 0.6 is 23.2 Å². The number of sulfonamides is 1. The van der Waals surface area contributed by atoms with E-state index in [9.17, 15) is 18.0 Å². The highest BCUT2D eigenvalue weighted by Crippen LogP contribution is 2.28. The molecule has 1 N–H and O–H groups in total. The van der Waals surface area contributed by atoms with Gasteiger partial charge in [0.05, 0.1) is 27.2 Å². The second-order valence-corrected chi connectivity index (χ2v) is 12.5. The molecule has 0 saturated carbocycles. The molecule has 0 aliphatic carbocycles. The van der Waals surface area contributed by atoms with Crippen LogP contribution in [0.15, 0.2) is 108 Å². The first kappa shape index (κ1) is 32.9. The minimum absolute atomic E-state index is 0.0184. The standard InChI is InChI=1S/C33H33Cl2N3O5S/c1-3-43-27-17-15-26(16-18-27)38(44(41,42)28-12-8-5-9-13-28)23-32(39)37(22-25-14-19-29(34)30(35)20-25)31(33(40)36-2)21-24-10-6-4-7-11-24/h4-20,31H,3,21-23H2,1-2H3,(H,36,40)/t31-/m1/s1. The molecule has 0 radical (unpaired) electrons. The highest BCUT2D eigenvalue weighted by atomic mass is 35.5. The molecule has 4 aromatic carbocycles. The molecule has 0 aromatic heterocycles. The molecule has 0 spiro atoms. The Kier molecular flexibility index (Phi) is 11.3. The van der Waals surface area contributed by atoms with Crippen LogP contribution in [0.1, 0.15) is 18.1 Å². The zero-order valence-corrected chi connectivity index (χ0v) is 26.6. The lowest BCUT2D eigenvalue weighted by molar-refractivity contribution is -0.139. The third-order valence-corrected chi connectivity index (χ3v) is 9.43. The Labute approximate surface area is 268 Å². The molecule has 44 heavy (non-hydrogen) atoms. The van der Waals surface area contributed by atoms with Crippen molar-refractivity contribution in [2.45, 2.75) is 30.8 Å². The van der Waals surface area contributed by atoms with Crippen molar-refractivity contribution < 1.29 is 22.7 Å². The Balaban J connectivity index is 1.79. The fourth-order valence-electron chi connectivity index (χ4n) is 4.68. The number of amides is 2. The zero-order valence-electron chi connectivity index (χ0n) is 24.3. The maximum Gasteiger partial charge on any atom is 0.264 e. The predicted octanol–water partition coefficient (Wildman–Crippen LogP) is 5.97. The largest absolute Gasteiger partial charge is 0.494 e. The Hall–Kier alpha value is -4.05. The number of carbonyl (C=O) groups excluding carboxylic acids is 2. The van der Waals surface area contributed by atoms with Crippen LogP contribution in [0.5, 0.6) is 5.75 Å². The number of anilines is 1. The molecule has 4 rings (SSSR count). The smallest absolute Gasteiger partial charge is 0.264 e. The van der Waals surface area contributed by atoms with E-state index in [-0.39, 0.29) is 23.5 Å². The highest BCUT2D eigenvalue weighted by molar-refractivity contribution is 7.92. The van der Waals surface area contributed by atoms with Crippen LogP contribution in [0.25, 0.3) is 0 Å². The van der Waals surface area contributed by atoms with Crippen LogP contribution in [0.4, 0.5) is 5.69 Å². The van der Waals surface area contributed by atoms with E-state index in [0.29, 0.717) is 28.0 Å². The van der Waals surface area contributed by atoms with Crippen molar-refractivity contribution >= 4 is 50.7 Å². The summed E-state index contributed by atoms with van der Waals surface area (Å²) < 4.78 is 34.6. The summed E-state index contributed by atoms with van der Waals surface area (Å²) >= 11 is 12.4. The molecular weight excluding hydrogens is 621 g/mol. The number of ether oxygens (including phenoxy) is 1. The molecule has 0 aliphatic rings. The summed E-state index contributed by atoms with van der Waals surface area (Å²) in [6, 6.07) is 27.6. The van der Waals surface area contributed by atoms with Gasteiger partial charge in [-0.1, -0.05) is 77.8 Å². The summed E-state index contributed by atoms with van der Waals surface area (Å²) in [7, 11) is -2.70. The van der Waals surface area contributed by atoms with Crippen LogP contribution < -0.4 is 14.4 Å². The van der Waals surface area contributed by atoms with Gasteiger partial charge in [-0.15, -0.1) is 0 Å². The van der Waals surface area contributed by atoms with Crippen molar-refractivity contribution in [3.05, 3.63) is 124 Å². The van der Waals surface area contributed by atoms with Gasteiger partial charge in [-0.25, -0.2) is 8.42 Å². The summed E-state index contributed by atoms with van der Waals surface area (Å²) in [5, 5.41) is 3.29. The van der Waals surface area contributed by atoms with Crippen molar-refractivity contribution in [1.82, 2.24) is 10.2 Å². The number of hydrogen-bond acceptors (Lipinski definition) is 5. The van der Waals surface area contributed by atoms with Gasteiger partial charge < -0.3 is 15.0 Å². The first-order valence-electron chi connectivity index (χ1n) is 13.9. The number of hydrogen-bond donors (Lipinski definition) is 1. The number of likely N-dealkylation sites (N-methyl/N-ethyl adjacent to an activating group) is 1. The fourth-order valence-corrected chi connectivity index (χ4v) is 6.43. The highest BCUT2D eigenvalue weighted by Gasteiger charge is 2.34. The SMILES string of the molecule is CCOc1ccc(N(CC(=O)N(Cc2ccc(Cl)c(Cl)c2)[C@H](Cc2ccccc2)C(=O)NC)S(=O)(=O)c2ccccc2)cc1. The molecular formula is C33H33Cl2N3O5S. The lowest BCUT2D eigenvalue weighted by Gasteiger charge is -2.33. The van der Waals surface area contributed by atoms with Gasteiger partial charge in [0, 0.05) is 20.0 Å². The molecule has 2 amide bonds. The Bertz CT molecular complexity index is 1670. The van der Waals surface area contributed by atoms with Crippen LogP contribution in [0.3, 0.4) is 0 Å². The number of benzene rings is 4. The Morgan fingerprint density at radius 1 is 0.841 bits per heavy atom. The predicted molar refractivity (Wildman–Crippen MR) is 174 cm³/mol. The van der Waals surface area contributed by atoms with E-state index in [1.807, 2.05) is 37.3 Å². The molecule has 0 saturated heterocycles. The van der Waals surface area contributed by atoms with Crippen molar-refractivity contribution in [2.24, 2.45) is 0 Å². The first-order chi connectivity index (χ1) is 21.1. The second kappa shape index (κ2) is 15.1. The van der Waals surface area contributed by atoms with E-state index in [4.69, 9.17) is 27.9 Å². The molecule has 0 heterocycles. The number of nitrogens with zero attached hydrogens (tertiary/aromatic N) is 2. The van der Waals surface area contributed by atoms with E-state index in [0.717, 1.165) is 9.87 Å². The van der Waals surface area contributed by atoms with Crippen LogP contribution in [-0.2, 0) is 32.6 Å². The quantitative estimate of drug-likeness (QED) is 0.192. The van der Waals surface area contributed by atoms with Crippen LogP contribution in [0.2, 0.25) is 10.0 Å². The summed E-state index contributed by atoms with van der Waals surface area (Å²) in [5.74, 6) is -0.432. The van der Waals surface area contributed by atoms with E-state index >= 15 is 0 Å². The summed E-state index contributed by atoms with van der Waals surface area (Å²) in [6.45, 7) is 1.69. The number of nitrogens with one attached hydrogen (secondary N) is 1. The number of rotatable bonds is 13. The van der Waals surface area contributed by atoms with Crippen LogP contribution in [0, 0.1) is 0 Å². The molecule has 0 unspecified atom stereocenters. The minimum atomic E-state index is -4.20. The maximum absolute atomic E-state index is 14.3. The third-order valence-electron chi connectivity index (χ3n) is 6.90. The molecule has 0 bridgehead atoms. The average Bonchev–Trinajstić information content (AvgIpc) is 3.04. The normalized spacial score (nSPS) is 11.8. The summed E-state index contributed by atoms with van der Waals surface area (Å²) in [6.07, 6.45) is 0.196. The molecule has 4 aromatic rings. The molecule has 1 atom stereocenters. The van der Waals surface area contributed by atoms with Gasteiger partial charge in [-0.3, -0.25) is 13.9 Å².